The number of nitrogens with zero attached hydrogens (tertiary/aromatic N) is 4. The Balaban J connectivity index is 2.03. The SMILES string of the molecule is CC1=C(C(=O)OCC(C)C)[C@@H](c2ccc(Cl)cc2)n2nnnc2N1. The van der Waals surface area contributed by atoms with Gasteiger partial charge < -0.3 is 10.1 Å². The van der Waals surface area contributed by atoms with Crippen molar-refractivity contribution in [2.75, 3.05) is 11.9 Å². The Morgan fingerprint density at radius 2 is 2.08 bits per heavy atom. The number of aromatic nitrogens is 4. The second kappa shape index (κ2) is 6.60. The van der Waals surface area contributed by atoms with E-state index in [0.29, 0.717) is 28.8 Å². The molecule has 1 aliphatic rings. The number of nitrogens with one attached hydrogen (secondary N) is 1. The maximum absolute atomic E-state index is 12.7. The third-order valence-corrected chi connectivity index (χ3v) is 3.92. The van der Waals surface area contributed by atoms with Crippen LogP contribution in [-0.2, 0) is 9.53 Å². The van der Waals surface area contributed by atoms with Crippen LogP contribution in [0.3, 0.4) is 0 Å². The van der Waals surface area contributed by atoms with E-state index in [1.165, 1.54) is 0 Å². The largest absolute Gasteiger partial charge is 0.462 e. The Hall–Kier alpha value is -2.41. The van der Waals surface area contributed by atoms with Gasteiger partial charge in [0.15, 0.2) is 0 Å². The average Bonchev–Trinajstić information content (AvgIpc) is 3.00. The third-order valence-electron chi connectivity index (χ3n) is 3.67. The lowest BCUT2D eigenvalue weighted by molar-refractivity contribution is -0.140. The predicted molar refractivity (Wildman–Crippen MR) is 89.5 cm³/mol. The molecule has 0 saturated carbocycles. The van der Waals surface area contributed by atoms with Crippen LogP contribution in [0.15, 0.2) is 35.5 Å². The van der Waals surface area contributed by atoms with Gasteiger partial charge in [0.1, 0.15) is 6.04 Å². The summed E-state index contributed by atoms with van der Waals surface area (Å²) < 4.78 is 7.01. The zero-order chi connectivity index (χ0) is 17.3. The van der Waals surface area contributed by atoms with E-state index in [1.54, 1.807) is 16.8 Å². The van der Waals surface area contributed by atoms with Crippen molar-refractivity contribution in [1.29, 1.82) is 0 Å². The first-order valence-electron chi connectivity index (χ1n) is 7.65. The number of esters is 1. The van der Waals surface area contributed by atoms with Crippen LogP contribution in [0.4, 0.5) is 5.95 Å². The van der Waals surface area contributed by atoms with Gasteiger partial charge in [0.25, 0.3) is 0 Å². The molecule has 2 heterocycles. The van der Waals surface area contributed by atoms with Gasteiger partial charge in [-0.15, -0.1) is 0 Å². The molecule has 0 unspecified atom stereocenters. The number of carbonyl (C=O) groups is 1. The van der Waals surface area contributed by atoms with Gasteiger partial charge in [0.2, 0.25) is 5.95 Å². The summed E-state index contributed by atoms with van der Waals surface area (Å²) >= 11 is 5.98. The molecule has 24 heavy (non-hydrogen) atoms. The number of halogens is 1. The Bertz CT molecular complexity index is 782. The molecule has 0 radical (unpaired) electrons. The van der Waals surface area contributed by atoms with Gasteiger partial charge in [-0.25, -0.2) is 4.79 Å². The van der Waals surface area contributed by atoms with Crippen molar-refractivity contribution in [2.45, 2.75) is 26.8 Å². The number of tetrazole rings is 1. The maximum atomic E-state index is 12.7. The van der Waals surface area contributed by atoms with Crippen LogP contribution in [0, 0.1) is 5.92 Å². The smallest absolute Gasteiger partial charge is 0.338 e. The van der Waals surface area contributed by atoms with Crippen molar-refractivity contribution in [1.82, 2.24) is 20.2 Å². The van der Waals surface area contributed by atoms with Crippen molar-refractivity contribution < 1.29 is 9.53 Å². The van der Waals surface area contributed by atoms with E-state index in [9.17, 15) is 4.79 Å². The lowest BCUT2D eigenvalue weighted by Crippen LogP contribution is -2.30. The van der Waals surface area contributed by atoms with Crippen LogP contribution < -0.4 is 5.32 Å². The minimum atomic E-state index is -0.465. The number of anilines is 1. The van der Waals surface area contributed by atoms with E-state index in [1.807, 2.05) is 32.9 Å². The van der Waals surface area contributed by atoms with Crippen LogP contribution in [0.1, 0.15) is 32.4 Å². The maximum Gasteiger partial charge on any atom is 0.338 e. The van der Waals surface area contributed by atoms with Gasteiger partial charge in [0, 0.05) is 10.7 Å². The van der Waals surface area contributed by atoms with Crippen LogP contribution in [0.25, 0.3) is 0 Å². The summed E-state index contributed by atoms with van der Waals surface area (Å²) in [6.45, 7) is 6.14. The number of hydrogen-bond acceptors (Lipinski definition) is 6. The number of rotatable bonds is 4. The Labute approximate surface area is 144 Å². The van der Waals surface area contributed by atoms with Crippen molar-refractivity contribution in [3.63, 3.8) is 0 Å². The summed E-state index contributed by atoms with van der Waals surface area (Å²) in [6, 6.07) is 6.79. The van der Waals surface area contributed by atoms with Crippen molar-refractivity contribution in [3.8, 4) is 0 Å². The number of fused-ring (bicyclic) bond motifs is 1. The highest BCUT2D eigenvalue weighted by Crippen LogP contribution is 2.35. The molecule has 7 nitrogen and oxygen atoms in total. The Morgan fingerprint density at radius 3 is 2.75 bits per heavy atom. The zero-order valence-electron chi connectivity index (χ0n) is 13.7. The molecule has 0 fully saturated rings. The van der Waals surface area contributed by atoms with Crippen LogP contribution >= 0.6 is 11.6 Å². The fourth-order valence-electron chi connectivity index (χ4n) is 2.55. The fourth-order valence-corrected chi connectivity index (χ4v) is 2.68. The lowest BCUT2D eigenvalue weighted by atomic mass is 9.96. The highest BCUT2D eigenvalue weighted by molar-refractivity contribution is 6.30. The van der Waals surface area contributed by atoms with Gasteiger partial charge in [-0.3, -0.25) is 0 Å². The molecular weight excluding hydrogens is 330 g/mol. The van der Waals surface area contributed by atoms with Crippen molar-refractivity contribution in [2.24, 2.45) is 5.92 Å². The monoisotopic (exact) mass is 347 g/mol. The van der Waals surface area contributed by atoms with E-state index in [0.717, 1.165) is 5.56 Å². The Kier molecular flexibility index (Phi) is 4.53. The summed E-state index contributed by atoms with van der Waals surface area (Å²) in [5.74, 6) is 0.353. The first-order chi connectivity index (χ1) is 11.5. The minimum Gasteiger partial charge on any atom is -0.462 e. The molecule has 0 bridgehead atoms. The molecule has 1 aromatic carbocycles. The summed E-state index contributed by atoms with van der Waals surface area (Å²) in [5.41, 5.74) is 2.01. The molecule has 3 rings (SSSR count). The van der Waals surface area contributed by atoms with Gasteiger partial charge in [0.05, 0.1) is 12.2 Å². The van der Waals surface area contributed by atoms with E-state index in [-0.39, 0.29) is 11.9 Å². The summed E-state index contributed by atoms with van der Waals surface area (Å²) in [7, 11) is 0. The number of ether oxygens (including phenoxy) is 1. The van der Waals surface area contributed by atoms with E-state index >= 15 is 0 Å². The van der Waals surface area contributed by atoms with Gasteiger partial charge in [-0.2, -0.15) is 4.68 Å². The van der Waals surface area contributed by atoms with Crippen LogP contribution in [0.2, 0.25) is 5.02 Å². The molecule has 0 spiro atoms. The molecule has 1 atom stereocenters. The highest BCUT2D eigenvalue weighted by atomic mass is 35.5. The Morgan fingerprint density at radius 1 is 1.38 bits per heavy atom. The van der Waals surface area contributed by atoms with Crippen LogP contribution in [-0.4, -0.2) is 32.8 Å². The third kappa shape index (κ3) is 3.12. The molecule has 8 heteroatoms. The summed E-state index contributed by atoms with van der Waals surface area (Å²) in [6.07, 6.45) is 0. The highest BCUT2D eigenvalue weighted by Gasteiger charge is 2.34. The number of carbonyl (C=O) groups excluding carboxylic acids is 1. The fraction of sp³-hybridized carbons (Fsp3) is 0.375. The quantitative estimate of drug-likeness (QED) is 0.856. The normalized spacial score (nSPS) is 16.8. The molecule has 0 aliphatic carbocycles. The van der Waals surface area contributed by atoms with E-state index in [4.69, 9.17) is 16.3 Å². The molecule has 1 aliphatic heterocycles. The topological polar surface area (TPSA) is 81.9 Å². The number of benzene rings is 1. The lowest BCUT2D eigenvalue weighted by Gasteiger charge is -2.27. The second-order valence-corrected chi connectivity index (χ2v) is 6.49. The van der Waals surface area contributed by atoms with Gasteiger partial charge in [-0.05, 0) is 41.0 Å². The predicted octanol–water partition coefficient (Wildman–Crippen LogP) is 2.81. The average molecular weight is 348 g/mol. The van der Waals surface area contributed by atoms with E-state index < -0.39 is 6.04 Å². The van der Waals surface area contributed by atoms with Crippen LogP contribution in [0.5, 0.6) is 0 Å². The minimum absolute atomic E-state index is 0.254. The molecular formula is C16H18ClN5O2. The standard InChI is InChI=1S/C16H18ClN5O2/c1-9(2)8-24-15(23)13-10(3)18-16-19-20-21-22(16)14(13)11-4-6-12(17)7-5-11/h4-7,9,14H,8H2,1-3H3,(H,18,19,21)/t14-/m1/s1. The molecule has 126 valence electrons. The van der Waals surface area contributed by atoms with E-state index in [2.05, 4.69) is 20.8 Å². The first-order valence-corrected chi connectivity index (χ1v) is 8.03. The van der Waals surface area contributed by atoms with Gasteiger partial charge in [-0.1, -0.05) is 42.7 Å². The number of hydrogen-bond donors (Lipinski definition) is 1. The number of allylic oxidation sites excluding steroid dienone is 1. The molecule has 0 saturated heterocycles. The molecule has 2 aromatic rings. The molecule has 1 N–H and O–H groups in total. The summed E-state index contributed by atoms with van der Waals surface area (Å²) in [5, 5.41) is 15.3. The molecule has 0 amide bonds. The van der Waals surface area contributed by atoms with Crippen molar-refractivity contribution in [3.05, 3.63) is 46.1 Å². The summed E-state index contributed by atoms with van der Waals surface area (Å²) in [4.78, 5) is 12.7. The van der Waals surface area contributed by atoms with Gasteiger partial charge >= 0.3 is 5.97 Å². The second-order valence-electron chi connectivity index (χ2n) is 6.06. The molecule has 1 aromatic heterocycles. The first kappa shape index (κ1) is 16.4. The zero-order valence-corrected chi connectivity index (χ0v) is 14.4. The van der Waals surface area contributed by atoms with Crippen molar-refractivity contribution >= 4 is 23.5 Å².